The first-order valence-corrected chi connectivity index (χ1v) is 6.44. The third-order valence-electron chi connectivity index (χ3n) is 2.26. The van der Waals surface area contributed by atoms with Crippen molar-refractivity contribution in [2.75, 3.05) is 12.4 Å². The van der Waals surface area contributed by atoms with Crippen molar-refractivity contribution in [1.29, 1.82) is 0 Å². The highest BCUT2D eigenvalue weighted by atomic mass is 35.5. The van der Waals surface area contributed by atoms with Crippen LogP contribution in [0.1, 0.15) is 24.2 Å². The minimum Gasteiger partial charge on any atom is -0.351 e. The summed E-state index contributed by atoms with van der Waals surface area (Å²) >= 11 is 17.5. The van der Waals surface area contributed by atoms with Gasteiger partial charge < -0.3 is 5.32 Å². The van der Waals surface area contributed by atoms with Gasteiger partial charge in [0.1, 0.15) is 0 Å². The van der Waals surface area contributed by atoms with Gasteiger partial charge in [0.2, 0.25) is 0 Å². The zero-order valence-corrected chi connectivity index (χ0v) is 12.0. The lowest BCUT2D eigenvalue weighted by Crippen LogP contribution is -2.35. The van der Waals surface area contributed by atoms with Gasteiger partial charge in [-0.2, -0.15) is 0 Å². The van der Waals surface area contributed by atoms with E-state index in [1.807, 2.05) is 13.8 Å². The molecule has 0 spiro atoms. The summed E-state index contributed by atoms with van der Waals surface area (Å²) in [6.07, 6.45) is 0. The lowest BCUT2D eigenvalue weighted by atomic mass is 9.96. The highest BCUT2D eigenvalue weighted by Crippen LogP contribution is 2.21. The minimum absolute atomic E-state index is 0.151. The van der Waals surface area contributed by atoms with E-state index in [1.165, 1.54) is 0 Å². The molecule has 0 saturated heterocycles. The van der Waals surface area contributed by atoms with Crippen LogP contribution in [0.25, 0.3) is 0 Å². The number of hydrogen-bond acceptors (Lipinski definition) is 1. The van der Waals surface area contributed by atoms with E-state index in [-0.39, 0.29) is 11.3 Å². The summed E-state index contributed by atoms with van der Waals surface area (Å²) in [7, 11) is 0. The summed E-state index contributed by atoms with van der Waals surface area (Å²) in [6.45, 7) is 4.43. The van der Waals surface area contributed by atoms with Crippen LogP contribution in [0.2, 0.25) is 10.0 Å². The molecule has 1 rings (SSSR count). The summed E-state index contributed by atoms with van der Waals surface area (Å²) in [5.74, 6) is 0.229. The molecule has 2 nitrogen and oxygen atoms in total. The number of amides is 1. The Balaban J connectivity index is 2.74. The number of rotatable bonds is 4. The lowest BCUT2D eigenvalue weighted by molar-refractivity contribution is 0.0940. The van der Waals surface area contributed by atoms with Crippen LogP contribution < -0.4 is 5.32 Å². The first-order chi connectivity index (χ1) is 7.85. The topological polar surface area (TPSA) is 29.1 Å². The van der Waals surface area contributed by atoms with Gasteiger partial charge in [0.05, 0.1) is 10.6 Å². The summed E-state index contributed by atoms with van der Waals surface area (Å²) in [6, 6.07) is 4.79. The minimum atomic E-state index is -0.240. The Bertz CT molecular complexity index is 418. The molecule has 0 aliphatic heterocycles. The van der Waals surface area contributed by atoms with Crippen molar-refractivity contribution in [3.05, 3.63) is 33.8 Å². The molecular weight excluding hydrogens is 280 g/mol. The van der Waals surface area contributed by atoms with Crippen LogP contribution in [0.4, 0.5) is 0 Å². The van der Waals surface area contributed by atoms with Gasteiger partial charge >= 0.3 is 0 Å². The number of alkyl halides is 1. The molecule has 0 heterocycles. The van der Waals surface area contributed by atoms with Gasteiger partial charge in [-0.25, -0.2) is 0 Å². The number of nitrogens with one attached hydrogen (secondary N) is 1. The van der Waals surface area contributed by atoms with E-state index in [0.717, 1.165) is 0 Å². The fraction of sp³-hybridized carbons (Fsp3) is 0.417. The highest BCUT2D eigenvalue weighted by molar-refractivity contribution is 6.35. The van der Waals surface area contributed by atoms with E-state index in [0.29, 0.717) is 28.0 Å². The Kier molecular flexibility index (Phi) is 5.11. The number of benzene rings is 1. The van der Waals surface area contributed by atoms with Crippen LogP contribution in [-0.2, 0) is 0 Å². The average molecular weight is 295 g/mol. The zero-order valence-electron chi connectivity index (χ0n) is 9.69. The molecule has 0 aromatic heterocycles. The summed E-state index contributed by atoms with van der Waals surface area (Å²) in [4.78, 5) is 11.9. The molecule has 5 heteroatoms. The zero-order chi connectivity index (χ0) is 13.1. The molecular formula is C12H14Cl3NO. The third-order valence-corrected chi connectivity index (χ3v) is 3.55. The van der Waals surface area contributed by atoms with Crippen molar-refractivity contribution in [1.82, 2.24) is 5.32 Å². The van der Waals surface area contributed by atoms with Gasteiger partial charge in [0.25, 0.3) is 5.91 Å². The van der Waals surface area contributed by atoms with Gasteiger partial charge in [0.15, 0.2) is 0 Å². The maximum atomic E-state index is 11.9. The monoisotopic (exact) mass is 293 g/mol. The van der Waals surface area contributed by atoms with Gasteiger partial charge in [0, 0.05) is 17.4 Å². The fourth-order valence-electron chi connectivity index (χ4n) is 1.13. The van der Waals surface area contributed by atoms with E-state index in [4.69, 9.17) is 34.8 Å². The second-order valence-electron chi connectivity index (χ2n) is 4.60. The molecule has 1 aromatic rings. The van der Waals surface area contributed by atoms with Crippen molar-refractivity contribution >= 4 is 40.7 Å². The van der Waals surface area contributed by atoms with Crippen LogP contribution in [-0.4, -0.2) is 18.3 Å². The van der Waals surface area contributed by atoms with Crippen LogP contribution in [0, 0.1) is 5.41 Å². The normalized spacial score (nSPS) is 11.4. The Morgan fingerprint density at radius 1 is 1.35 bits per heavy atom. The molecule has 0 saturated carbocycles. The second kappa shape index (κ2) is 5.94. The largest absolute Gasteiger partial charge is 0.351 e. The smallest absolute Gasteiger partial charge is 0.252 e. The molecule has 0 unspecified atom stereocenters. The predicted octanol–water partition coefficient (Wildman–Crippen LogP) is 3.99. The Morgan fingerprint density at radius 3 is 2.59 bits per heavy atom. The lowest BCUT2D eigenvalue weighted by Gasteiger charge is -2.21. The Morgan fingerprint density at radius 2 is 2.00 bits per heavy atom. The second-order valence-corrected chi connectivity index (χ2v) is 5.72. The summed E-state index contributed by atoms with van der Waals surface area (Å²) in [5.41, 5.74) is 0.229. The van der Waals surface area contributed by atoms with Gasteiger partial charge in [-0.1, -0.05) is 37.0 Å². The number of carbonyl (C=O) groups is 1. The molecule has 1 amide bonds. The van der Waals surface area contributed by atoms with Gasteiger partial charge in [-0.05, 0) is 23.6 Å². The molecule has 1 N–H and O–H groups in total. The van der Waals surface area contributed by atoms with Crippen molar-refractivity contribution in [2.24, 2.45) is 5.41 Å². The van der Waals surface area contributed by atoms with Gasteiger partial charge in [-0.15, -0.1) is 11.6 Å². The Hall–Kier alpha value is -0.440. The number of carbonyl (C=O) groups excluding carboxylic acids is 1. The van der Waals surface area contributed by atoms with Crippen molar-refractivity contribution in [3.63, 3.8) is 0 Å². The first kappa shape index (κ1) is 14.6. The quantitative estimate of drug-likeness (QED) is 0.836. The standard InChI is InChI=1S/C12H14Cl3NO/c1-12(2,6-13)7-16-11(17)9-5-8(14)3-4-10(9)15/h3-5H,6-7H2,1-2H3,(H,16,17). The summed E-state index contributed by atoms with van der Waals surface area (Å²) in [5, 5.41) is 3.66. The predicted molar refractivity (Wildman–Crippen MR) is 73.3 cm³/mol. The summed E-state index contributed by atoms with van der Waals surface area (Å²) < 4.78 is 0. The SMILES string of the molecule is CC(C)(CCl)CNC(=O)c1cc(Cl)ccc1Cl. The maximum Gasteiger partial charge on any atom is 0.252 e. The molecule has 0 aliphatic rings. The molecule has 94 valence electrons. The number of hydrogen-bond donors (Lipinski definition) is 1. The van der Waals surface area contributed by atoms with E-state index in [1.54, 1.807) is 18.2 Å². The highest BCUT2D eigenvalue weighted by Gasteiger charge is 2.19. The molecule has 0 radical (unpaired) electrons. The Labute approximate surface area is 116 Å². The van der Waals surface area contributed by atoms with Crippen molar-refractivity contribution < 1.29 is 4.79 Å². The van der Waals surface area contributed by atoms with Crippen molar-refractivity contribution in [3.8, 4) is 0 Å². The van der Waals surface area contributed by atoms with Crippen molar-refractivity contribution in [2.45, 2.75) is 13.8 Å². The van der Waals surface area contributed by atoms with Crippen LogP contribution in [0.5, 0.6) is 0 Å². The fourth-order valence-corrected chi connectivity index (χ4v) is 1.60. The third kappa shape index (κ3) is 4.38. The average Bonchev–Trinajstić information content (AvgIpc) is 2.29. The van der Waals surface area contributed by atoms with E-state index in [2.05, 4.69) is 5.32 Å². The van der Waals surface area contributed by atoms with Crippen LogP contribution >= 0.6 is 34.8 Å². The number of halogens is 3. The molecule has 0 bridgehead atoms. The molecule has 1 aromatic carbocycles. The van der Waals surface area contributed by atoms with Crippen LogP contribution in [0.3, 0.4) is 0 Å². The van der Waals surface area contributed by atoms with Crippen LogP contribution in [0.15, 0.2) is 18.2 Å². The van der Waals surface area contributed by atoms with E-state index >= 15 is 0 Å². The molecule has 17 heavy (non-hydrogen) atoms. The first-order valence-electron chi connectivity index (χ1n) is 5.15. The van der Waals surface area contributed by atoms with Gasteiger partial charge in [-0.3, -0.25) is 4.79 Å². The molecule has 0 atom stereocenters. The molecule has 0 aliphatic carbocycles. The maximum absolute atomic E-state index is 11.9. The van der Waals surface area contributed by atoms with E-state index in [9.17, 15) is 4.79 Å². The molecule has 0 fully saturated rings. The van der Waals surface area contributed by atoms with E-state index < -0.39 is 0 Å².